The summed E-state index contributed by atoms with van der Waals surface area (Å²) in [7, 11) is 0. The first-order valence-electron chi connectivity index (χ1n) is 6.12. The fourth-order valence-electron chi connectivity index (χ4n) is 2.10. The molecule has 4 nitrogen and oxygen atoms in total. The van der Waals surface area contributed by atoms with E-state index in [1.165, 1.54) is 0 Å². The van der Waals surface area contributed by atoms with Crippen LogP contribution in [0.3, 0.4) is 0 Å². The highest BCUT2D eigenvalue weighted by atomic mass is 15.0. The molecule has 1 atom stereocenters. The molecule has 0 saturated heterocycles. The van der Waals surface area contributed by atoms with Crippen molar-refractivity contribution in [2.75, 3.05) is 6.54 Å². The van der Waals surface area contributed by atoms with Gasteiger partial charge in [0.1, 0.15) is 5.82 Å². The summed E-state index contributed by atoms with van der Waals surface area (Å²) in [4.78, 5) is 12.2. The quantitative estimate of drug-likeness (QED) is 0.850. The van der Waals surface area contributed by atoms with Crippen LogP contribution in [0.1, 0.15) is 37.6 Å². The van der Waals surface area contributed by atoms with Crippen molar-refractivity contribution < 1.29 is 0 Å². The number of nitrogens with one attached hydrogen (secondary N) is 1. The molecular formula is C13H20N4. The van der Waals surface area contributed by atoms with E-state index < -0.39 is 0 Å². The number of aryl methyl sites for hydroxylation is 1. The summed E-state index contributed by atoms with van der Waals surface area (Å²) in [5, 5.41) is 0. The number of rotatable bonds is 4. The molecule has 4 heteroatoms. The summed E-state index contributed by atoms with van der Waals surface area (Å²) < 4.78 is 0. The molecule has 92 valence electrons. The number of hydrogen-bond acceptors (Lipinski definition) is 3. The average molecular weight is 232 g/mol. The molecule has 17 heavy (non-hydrogen) atoms. The maximum Gasteiger partial charge on any atom is 0.177 e. The van der Waals surface area contributed by atoms with Crippen LogP contribution < -0.4 is 5.73 Å². The molecule has 0 bridgehead atoms. The van der Waals surface area contributed by atoms with Gasteiger partial charge < -0.3 is 10.7 Å². The van der Waals surface area contributed by atoms with Gasteiger partial charge in [0.05, 0.1) is 5.52 Å². The Labute approximate surface area is 102 Å². The van der Waals surface area contributed by atoms with Gasteiger partial charge in [0.15, 0.2) is 5.65 Å². The van der Waals surface area contributed by atoms with Crippen LogP contribution in [-0.4, -0.2) is 21.5 Å². The molecule has 2 rings (SSSR count). The monoisotopic (exact) mass is 232 g/mol. The smallest absolute Gasteiger partial charge is 0.177 e. The van der Waals surface area contributed by atoms with E-state index in [2.05, 4.69) is 34.9 Å². The average Bonchev–Trinajstić information content (AvgIpc) is 2.68. The third-order valence-corrected chi connectivity index (χ3v) is 2.92. The highest BCUT2D eigenvalue weighted by molar-refractivity contribution is 5.71. The standard InChI is InChI=1S/C13H20N4/c1-8(2)4-10(6-14)12-16-11-5-9(3)7-15-13(11)17-12/h5,7-8,10H,4,6,14H2,1-3H3,(H,15,16,17). The van der Waals surface area contributed by atoms with Crippen molar-refractivity contribution >= 4 is 11.2 Å². The largest absolute Gasteiger partial charge is 0.340 e. The first kappa shape index (κ1) is 12.0. The summed E-state index contributed by atoms with van der Waals surface area (Å²) in [5.41, 5.74) is 8.75. The minimum absolute atomic E-state index is 0.296. The first-order chi connectivity index (χ1) is 8.10. The van der Waals surface area contributed by atoms with Crippen molar-refractivity contribution in [1.29, 1.82) is 0 Å². The van der Waals surface area contributed by atoms with Crippen LogP contribution in [0.2, 0.25) is 0 Å². The van der Waals surface area contributed by atoms with Gasteiger partial charge in [0.2, 0.25) is 0 Å². The Balaban J connectivity index is 2.34. The Kier molecular flexibility index (Phi) is 3.43. The van der Waals surface area contributed by atoms with Crippen molar-refractivity contribution in [3.63, 3.8) is 0 Å². The van der Waals surface area contributed by atoms with Gasteiger partial charge in [-0.1, -0.05) is 13.8 Å². The van der Waals surface area contributed by atoms with Crippen molar-refractivity contribution in [1.82, 2.24) is 15.0 Å². The normalized spacial score (nSPS) is 13.5. The summed E-state index contributed by atoms with van der Waals surface area (Å²) in [6.45, 7) is 7.06. The van der Waals surface area contributed by atoms with Crippen LogP contribution >= 0.6 is 0 Å². The van der Waals surface area contributed by atoms with Gasteiger partial charge in [-0.3, -0.25) is 0 Å². The van der Waals surface area contributed by atoms with Gasteiger partial charge in [0.25, 0.3) is 0 Å². The molecule has 0 radical (unpaired) electrons. The van der Waals surface area contributed by atoms with E-state index in [4.69, 9.17) is 5.73 Å². The summed E-state index contributed by atoms with van der Waals surface area (Å²) in [6.07, 6.45) is 2.89. The lowest BCUT2D eigenvalue weighted by atomic mass is 9.97. The van der Waals surface area contributed by atoms with E-state index in [0.29, 0.717) is 18.4 Å². The van der Waals surface area contributed by atoms with E-state index in [0.717, 1.165) is 29.0 Å². The number of pyridine rings is 1. The molecule has 2 heterocycles. The van der Waals surface area contributed by atoms with E-state index in [1.54, 1.807) is 0 Å². The molecule has 2 aromatic rings. The zero-order valence-electron chi connectivity index (χ0n) is 10.7. The van der Waals surface area contributed by atoms with E-state index in [-0.39, 0.29) is 0 Å². The lowest BCUT2D eigenvalue weighted by molar-refractivity contribution is 0.491. The Morgan fingerprint density at radius 2 is 2.18 bits per heavy atom. The van der Waals surface area contributed by atoms with Gasteiger partial charge in [-0.15, -0.1) is 0 Å². The molecule has 3 N–H and O–H groups in total. The van der Waals surface area contributed by atoms with Crippen molar-refractivity contribution in [3.8, 4) is 0 Å². The predicted octanol–water partition coefficient (Wildman–Crippen LogP) is 2.35. The zero-order chi connectivity index (χ0) is 12.4. The van der Waals surface area contributed by atoms with Gasteiger partial charge >= 0.3 is 0 Å². The van der Waals surface area contributed by atoms with Crippen LogP contribution in [0.25, 0.3) is 11.2 Å². The molecule has 0 fully saturated rings. The Hall–Kier alpha value is -1.42. The van der Waals surface area contributed by atoms with Gasteiger partial charge in [0, 0.05) is 18.7 Å². The minimum Gasteiger partial charge on any atom is -0.340 e. The molecule has 0 amide bonds. The van der Waals surface area contributed by atoms with Crippen LogP contribution in [0.5, 0.6) is 0 Å². The van der Waals surface area contributed by atoms with Crippen molar-refractivity contribution in [2.24, 2.45) is 11.7 Å². The zero-order valence-corrected chi connectivity index (χ0v) is 10.7. The molecule has 0 aliphatic heterocycles. The molecule has 0 saturated carbocycles. The Morgan fingerprint density at radius 1 is 1.41 bits per heavy atom. The van der Waals surface area contributed by atoms with Crippen LogP contribution in [0, 0.1) is 12.8 Å². The van der Waals surface area contributed by atoms with Gasteiger partial charge in [-0.05, 0) is 30.9 Å². The second-order valence-electron chi connectivity index (χ2n) is 5.07. The number of aromatic nitrogens is 3. The molecular weight excluding hydrogens is 212 g/mol. The fourth-order valence-corrected chi connectivity index (χ4v) is 2.10. The number of fused-ring (bicyclic) bond motifs is 1. The van der Waals surface area contributed by atoms with Crippen molar-refractivity contribution in [3.05, 3.63) is 23.7 Å². The van der Waals surface area contributed by atoms with Crippen LogP contribution in [0.15, 0.2) is 12.3 Å². The molecule has 2 aromatic heterocycles. The number of hydrogen-bond donors (Lipinski definition) is 2. The fraction of sp³-hybridized carbons (Fsp3) is 0.538. The van der Waals surface area contributed by atoms with E-state index >= 15 is 0 Å². The van der Waals surface area contributed by atoms with Crippen LogP contribution in [0.4, 0.5) is 0 Å². The van der Waals surface area contributed by atoms with Gasteiger partial charge in [-0.2, -0.15) is 0 Å². The Bertz CT molecular complexity index is 501. The third kappa shape index (κ3) is 2.64. The van der Waals surface area contributed by atoms with E-state index in [1.807, 2.05) is 13.1 Å². The number of imidazole rings is 1. The second kappa shape index (κ2) is 4.84. The Morgan fingerprint density at radius 3 is 2.82 bits per heavy atom. The van der Waals surface area contributed by atoms with Crippen molar-refractivity contribution in [2.45, 2.75) is 33.1 Å². The molecule has 0 aliphatic carbocycles. The maximum atomic E-state index is 5.82. The van der Waals surface area contributed by atoms with Crippen LogP contribution in [-0.2, 0) is 0 Å². The van der Waals surface area contributed by atoms with E-state index in [9.17, 15) is 0 Å². The lowest BCUT2D eigenvalue weighted by Crippen LogP contribution is -2.15. The summed E-state index contributed by atoms with van der Waals surface area (Å²) >= 11 is 0. The first-order valence-corrected chi connectivity index (χ1v) is 6.12. The molecule has 0 spiro atoms. The number of aromatic amines is 1. The summed E-state index contributed by atoms with van der Waals surface area (Å²) in [6, 6.07) is 2.07. The SMILES string of the molecule is Cc1cnc2nc(C(CN)CC(C)C)[nH]c2c1. The predicted molar refractivity (Wildman–Crippen MR) is 69.9 cm³/mol. The van der Waals surface area contributed by atoms with Gasteiger partial charge in [-0.25, -0.2) is 9.97 Å². The minimum atomic E-state index is 0.296. The summed E-state index contributed by atoms with van der Waals surface area (Å²) in [5.74, 6) is 1.88. The number of H-pyrrole nitrogens is 1. The highest BCUT2D eigenvalue weighted by Gasteiger charge is 2.16. The molecule has 0 aliphatic rings. The highest BCUT2D eigenvalue weighted by Crippen LogP contribution is 2.22. The molecule has 1 unspecified atom stereocenters. The number of nitrogens with zero attached hydrogens (tertiary/aromatic N) is 2. The topological polar surface area (TPSA) is 67.6 Å². The lowest BCUT2D eigenvalue weighted by Gasteiger charge is -2.13. The molecule has 0 aromatic carbocycles. The second-order valence-corrected chi connectivity index (χ2v) is 5.07. The maximum absolute atomic E-state index is 5.82. The third-order valence-electron chi connectivity index (χ3n) is 2.92. The number of nitrogens with two attached hydrogens (primary N) is 1.